The second-order valence-corrected chi connectivity index (χ2v) is 5.80. The highest BCUT2D eigenvalue weighted by Gasteiger charge is 2.22. The summed E-state index contributed by atoms with van der Waals surface area (Å²) in [6.45, 7) is -1.60. The second-order valence-electron chi connectivity index (χ2n) is 4.95. The van der Waals surface area contributed by atoms with Crippen LogP contribution < -0.4 is 4.74 Å². The Bertz CT molecular complexity index is 902. The molecule has 148 valence electrons. The number of aliphatic hydroxyl groups is 1. The first kappa shape index (κ1) is 21.4. The monoisotopic (exact) mass is 459 g/mol. The molecule has 0 saturated carbocycles. The summed E-state index contributed by atoms with van der Waals surface area (Å²) in [5.74, 6) is -3.11. The first-order chi connectivity index (χ1) is 13.3. The summed E-state index contributed by atoms with van der Waals surface area (Å²) in [5, 5.41) is 17.7. The lowest BCUT2D eigenvalue weighted by Gasteiger charge is -2.08. The maximum absolute atomic E-state index is 14.1. The number of esters is 1. The molecule has 2 aromatic rings. The van der Waals surface area contributed by atoms with E-state index in [-0.39, 0.29) is 22.3 Å². The zero-order valence-electron chi connectivity index (χ0n) is 14.3. The summed E-state index contributed by atoms with van der Waals surface area (Å²) < 4.78 is 47.8. The zero-order valence-corrected chi connectivity index (χ0v) is 15.9. The van der Waals surface area contributed by atoms with Gasteiger partial charge in [-0.05, 0) is 41.1 Å². The van der Waals surface area contributed by atoms with Crippen molar-refractivity contribution in [1.29, 1.82) is 0 Å². The number of aromatic nitrogens is 1. The van der Waals surface area contributed by atoms with Gasteiger partial charge in [0.25, 0.3) is 0 Å². The molecule has 1 N–H and O–H groups in total. The van der Waals surface area contributed by atoms with E-state index in [0.29, 0.717) is 0 Å². The van der Waals surface area contributed by atoms with E-state index < -0.39 is 35.7 Å². The van der Waals surface area contributed by atoms with Crippen LogP contribution in [-0.2, 0) is 9.53 Å². The van der Waals surface area contributed by atoms with Crippen molar-refractivity contribution in [3.8, 4) is 5.88 Å². The summed E-state index contributed by atoms with van der Waals surface area (Å²) in [5.41, 5.74) is -1.01. The minimum Gasteiger partial charge on any atom is -0.505 e. The number of rotatable bonds is 7. The van der Waals surface area contributed by atoms with Gasteiger partial charge >= 0.3 is 12.6 Å². The number of alkyl halides is 2. The van der Waals surface area contributed by atoms with E-state index in [1.54, 1.807) is 0 Å². The number of hydrogen-bond donors (Lipinski definition) is 1. The molecule has 1 heterocycles. The van der Waals surface area contributed by atoms with Crippen molar-refractivity contribution in [3.63, 3.8) is 0 Å². The molecule has 0 unspecified atom stereocenters. The van der Waals surface area contributed by atoms with Gasteiger partial charge in [-0.2, -0.15) is 8.78 Å². The van der Waals surface area contributed by atoms with Crippen LogP contribution in [0.1, 0.15) is 12.5 Å². The Morgan fingerprint density at radius 1 is 1.36 bits per heavy atom. The van der Waals surface area contributed by atoms with Gasteiger partial charge in [-0.3, -0.25) is 0 Å². The predicted molar refractivity (Wildman–Crippen MR) is 95.7 cm³/mol. The molecule has 1 aromatic carbocycles. The first-order valence-electron chi connectivity index (χ1n) is 7.70. The smallest absolute Gasteiger partial charge is 0.388 e. The molecule has 0 fully saturated rings. The molecule has 0 radical (unpaired) electrons. The Labute approximate surface area is 165 Å². The van der Waals surface area contributed by atoms with Crippen molar-refractivity contribution < 1.29 is 32.5 Å². The number of nitrogens with zero attached hydrogens (tertiary/aromatic N) is 3. The highest BCUT2D eigenvalue weighted by atomic mass is 79.9. The van der Waals surface area contributed by atoms with Crippen molar-refractivity contribution in [3.05, 3.63) is 58.1 Å². The average Bonchev–Trinajstić information content (AvgIpc) is 2.61. The minimum absolute atomic E-state index is 0.00662. The van der Waals surface area contributed by atoms with Crippen LogP contribution in [0.2, 0.25) is 0 Å². The SMILES string of the molecule is CCOC(=O)C(N=Nc1ccnc(OC(F)F)c1)=C(O)c1c(F)cccc1Br. The Morgan fingerprint density at radius 3 is 2.75 bits per heavy atom. The van der Waals surface area contributed by atoms with Crippen LogP contribution in [0.15, 0.2) is 56.9 Å². The number of benzene rings is 1. The third-order valence-corrected chi connectivity index (χ3v) is 3.75. The molecular formula is C17H13BrF3N3O4. The third kappa shape index (κ3) is 5.52. The zero-order chi connectivity index (χ0) is 20.7. The van der Waals surface area contributed by atoms with E-state index in [1.165, 1.54) is 25.1 Å². The van der Waals surface area contributed by atoms with Crippen LogP contribution in [0, 0.1) is 5.82 Å². The fourth-order valence-electron chi connectivity index (χ4n) is 1.95. The highest BCUT2D eigenvalue weighted by Crippen LogP contribution is 2.29. The Hall–Kier alpha value is -2.95. The topological polar surface area (TPSA) is 93.4 Å². The summed E-state index contributed by atoms with van der Waals surface area (Å²) in [4.78, 5) is 15.7. The molecule has 0 saturated heterocycles. The van der Waals surface area contributed by atoms with Crippen LogP contribution in [0.3, 0.4) is 0 Å². The van der Waals surface area contributed by atoms with Crippen LogP contribution in [0.25, 0.3) is 5.76 Å². The lowest BCUT2D eigenvalue weighted by Crippen LogP contribution is -2.09. The van der Waals surface area contributed by atoms with Gasteiger partial charge in [0.05, 0.1) is 17.9 Å². The van der Waals surface area contributed by atoms with Crippen LogP contribution in [0.5, 0.6) is 5.88 Å². The first-order valence-corrected chi connectivity index (χ1v) is 8.50. The summed E-state index contributed by atoms with van der Waals surface area (Å²) in [7, 11) is 0. The number of ether oxygens (including phenoxy) is 2. The van der Waals surface area contributed by atoms with Gasteiger partial charge in [-0.15, -0.1) is 10.2 Å². The van der Waals surface area contributed by atoms with E-state index >= 15 is 0 Å². The predicted octanol–water partition coefficient (Wildman–Crippen LogP) is 5.16. The van der Waals surface area contributed by atoms with Crippen LogP contribution in [0.4, 0.5) is 18.9 Å². The fourth-order valence-corrected chi connectivity index (χ4v) is 2.48. The van der Waals surface area contributed by atoms with Gasteiger partial charge in [-0.1, -0.05) is 6.07 Å². The van der Waals surface area contributed by atoms with Gasteiger partial charge in [0.15, 0.2) is 5.76 Å². The molecular weight excluding hydrogens is 447 g/mol. The van der Waals surface area contributed by atoms with Crippen LogP contribution in [-0.4, -0.2) is 29.3 Å². The van der Waals surface area contributed by atoms with Gasteiger partial charge in [0, 0.05) is 16.7 Å². The lowest BCUT2D eigenvalue weighted by atomic mass is 10.1. The molecule has 1 aromatic heterocycles. The number of carbonyl (C=O) groups excluding carboxylic acids is 1. The molecule has 7 nitrogen and oxygen atoms in total. The minimum atomic E-state index is -3.09. The molecule has 0 bridgehead atoms. The van der Waals surface area contributed by atoms with Crippen molar-refractivity contribution in [1.82, 2.24) is 4.98 Å². The Kier molecular flexibility index (Phi) is 7.50. The Balaban J connectivity index is 2.47. The maximum atomic E-state index is 14.1. The van der Waals surface area contributed by atoms with Gasteiger partial charge in [0.1, 0.15) is 5.82 Å². The average molecular weight is 460 g/mol. The molecule has 0 aliphatic heterocycles. The highest BCUT2D eigenvalue weighted by molar-refractivity contribution is 9.10. The molecule has 0 aliphatic carbocycles. The van der Waals surface area contributed by atoms with E-state index in [0.717, 1.165) is 18.3 Å². The summed E-state index contributed by atoms with van der Waals surface area (Å²) in [6, 6.07) is 6.25. The summed E-state index contributed by atoms with van der Waals surface area (Å²) >= 11 is 3.08. The van der Waals surface area contributed by atoms with Crippen molar-refractivity contribution >= 4 is 33.3 Å². The van der Waals surface area contributed by atoms with Crippen molar-refractivity contribution in [2.75, 3.05) is 6.61 Å². The molecule has 0 amide bonds. The summed E-state index contributed by atoms with van der Waals surface area (Å²) in [6.07, 6.45) is 1.13. The fraction of sp³-hybridized carbons (Fsp3) is 0.176. The van der Waals surface area contributed by atoms with E-state index in [1.807, 2.05) is 0 Å². The lowest BCUT2D eigenvalue weighted by molar-refractivity contribution is -0.138. The van der Waals surface area contributed by atoms with Gasteiger partial charge in [0.2, 0.25) is 11.6 Å². The van der Waals surface area contributed by atoms with E-state index in [9.17, 15) is 23.1 Å². The normalized spacial score (nSPS) is 12.2. The van der Waals surface area contributed by atoms with Crippen molar-refractivity contribution in [2.45, 2.75) is 13.5 Å². The number of halogens is 4. The van der Waals surface area contributed by atoms with Gasteiger partial charge in [-0.25, -0.2) is 14.2 Å². The van der Waals surface area contributed by atoms with E-state index in [2.05, 4.69) is 35.9 Å². The molecule has 0 atom stereocenters. The van der Waals surface area contributed by atoms with Crippen LogP contribution >= 0.6 is 15.9 Å². The Morgan fingerprint density at radius 2 is 2.11 bits per heavy atom. The standard InChI is InChI=1S/C17H13BrF3N3O4/c1-2-27-16(26)14(15(25)13-10(18)4-3-5-11(13)19)24-23-9-6-7-22-12(8-9)28-17(20)21/h3-8,17,25H,2H2,1H3. The number of carbonyl (C=O) groups is 1. The number of hydrogen-bond acceptors (Lipinski definition) is 7. The molecule has 11 heteroatoms. The van der Waals surface area contributed by atoms with Gasteiger partial charge < -0.3 is 14.6 Å². The maximum Gasteiger partial charge on any atom is 0.388 e. The number of aliphatic hydroxyl groups excluding tert-OH is 1. The molecule has 2 rings (SSSR count). The molecule has 28 heavy (non-hydrogen) atoms. The third-order valence-electron chi connectivity index (χ3n) is 3.09. The number of azo groups is 1. The molecule has 0 aliphatic rings. The van der Waals surface area contributed by atoms with E-state index in [4.69, 9.17) is 4.74 Å². The molecule has 0 spiro atoms. The van der Waals surface area contributed by atoms with Crippen molar-refractivity contribution in [2.24, 2.45) is 10.2 Å². The quantitative estimate of drug-likeness (QED) is 0.267. The number of pyridine rings is 1. The second kappa shape index (κ2) is 9.83. The largest absolute Gasteiger partial charge is 0.505 e.